The van der Waals surface area contributed by atoms with Crippen LogP contribution in [-0.2, 0) is 6.54 Å². The summed E-state index contributed by atoms with van der Waals surface area (Å²) in [5, 5.41) is 15.7. The molecule has 2 rings (SSSR count). The van der Waals surface area contributed by atoms with Gasteiger partial charge >= 0.3 is 0 Å². The van der Waals surface area contributed by atoms with Crippen molar-refractivity contribution in [3.05, 3.63) is 64.1 Å². The van der Waals surface area contributed by atoms with Gasteiger partial charge in [0, 0.05) is 19.2 Å². The Morgan fingerprint density at radius 1 is 1.27 bits per heavy atom. The van der Waals surface area contributed by atoms with E-state index in [-0.39, 0.29) is 29.7 Å². The van der Waals surface area contributed by atoms with Crippen LogP contribution >= 0.6 is 0 Å². The molecule has 0 aliphatic heterocycles. The van der Waals surface area contributed by atoms with Gasteiger partial charge in [-0.25, -0.2) is 4.68 Å². The molecule has 2 aromatic rings. The largest absolute Gasteiger partial charge is 0.396 e. The molecule has 1 heterocycles. The molecule has 0 spiro atoms. The minimum absolute atomic E-state index is 0.00120. The fourth-order valence-corrected chi connectivity index (χ4v) is 1.86. The second kappa shape index (κ2) is 7.51. The molecule has 1 aromatic heterocycles. The van der Waals surface area contributed by atoms with Gasteiger partial charge in [0.15, 0.2) is 0 Å². The summed E-state index contributed by atoms with van der Waals surface area (Å²) in [4.78, 5) is 23.9. The number of hydrogen-bond donors (Lipinski definition) is 2. The maximum Gasteiger partial charge on any atom is 0.271 e. The van der Waals surface area contributed by atoms with Crippen LogP contribution < -0.4 is 10.9 Å². The Morgan fingerprint density at radius 2 is 2.00 bits per heavy atom. The van der Waals surface area contributed by atoms with Gasteiger partial charge in [0.25, 0.3) is 11.5 Å². The number of aliphatic hydroxyl groups excluding tert-OH is 1. The van der Waals surface area contributed by atoms with Gasteiger partial charge in [0.1, 0.15) is 5.69 Å². The van der Waals surface area contributed by atoms with Crippen LogP contribution in [0.4, 0.5) is 0 Å². The van der Waals surface area contributed by atoms with Crippen LogP contribution in [0, 0.1) is 5.92 Å². The van der Waals surface area contributed by atoms with Crippen molar-refractivity contribution in [3.63, 3.8) is 0 Å². The highest BCUT2D eigenvalue weighted by Crippen LogP contribution is 2.00. The van der Waals surface area contributed by atoms with E-state index in [1.54, 1.807) is 0 Å². The van der Waals surface area contributed by atoms with Crippen LogP contribution in [-0.4, -0.2) is 33.9 Å². The number of benzene rings is 1. The first-order valence-corrected chi connectivity index (χ1v) is 7.11. The van der Waals surface area contributed by atoms with E-state index in [2.05, 4.69) is 10.4 Å². The van der Waals surface area contributed by atoms with E-state index >= 15 is 0 Å². The van der Waals surface area contributed by atoms with Crippen LogP contribution in [0.2, 0.25) is 0 Å². The number of aromatic nitrogens is 2. The van der Waals surface area contributed by atoms with E-state index in [0.717, 1.165) is 5.56 Å². The molecule has 0 bridgehead atoms. The molecule has 0 fully saturated rings. The first kappa shape index (κ1) is 15.9. The molecule has 1 atom stereocenters. The SMILES string of the molecule is CC(CO)CNC(=O)c1ccc(=O)n(Cc2ccccc2)n1. The van der Waals surface area contributed by atoms with Gasteiger partial charge in [-0.1, -0.05) is 37.3 Å². The van der Waals surface area contributed by atoms with Crippen LogP contribution in [0.3, 0.4) is 0 Å². The third kappa shape index (κ3) is 4.26. The lowest BCUT2D eigenvalue weighted by atomic mass is 10.2. The predicted molar refractivity (Wildman–Crippen MR) is 82.6 cm³/mol. The molecular formula is C16H19N3O3. The summed E-state index contributed by atoms with van der Waals surface area (Å²) in [6, 6.07) is 12.2. The number of hydrogen-bond acceptors (Lipinski definition) is 4. The Kier molecular flexibility index (Phi) is 5.43. The number of carbonyl (C=O) groups excluding carboxylic acids is 1. The Morgan fingerprint density at radius 3 is 2.68 bits per heavy atom. The van der Waals surface area contributed by atoms with E-state index in [0.29, 0.717) is 13.1 Å². The Hall–Kier alpha value is -2.47. The summed E-state index contributed by atoms with van der Waals surface area (Å²) >= 11 is 0. The third-order valence-electron chi connectivity index (χ3n) is 3.20. The summed E-state index contributed by atoms with van der Waals surface area (Å²) in [6.45, 7) is 2.49. The predicted octanol–water partition coefficient (Wildman–Crippen LogP) is 0.650. The van der Waals surface area contributed by atoms with Gasteiger partial charge in [0.2, 0.25) is 0 Å². The first-order valence-electron chi connectivity index (χ1n) is 7.11. The smallest absolute Gasteiger partial charge is 0.271 e. The summed E-state index contributed by atoms with van der Waals surface area (Å²) in [7, 11) is 0. The van der Waals surface area contributed by atoms with Crippen molar-refractivity contribution in [3.8, 4) is 0 Å². The van der Waals surface area contributed by atoms with Crippen molar-refractivity contribution in [2.24, 2.45) is 5.92 Å². The van der Waals surface area contributed by atoms with Crippen molar-refractivity contribution in [2.45, 2.75) is 13.5 Å². The van der Waals surface area contributed by atoms with E-state index < -0.39 is 0 Å². The quantitative estimate of drug-likeness (QED) is 0.820. The van der Waals surface area contributed by atoms with Crippen molar-refractivity contribution in [1.29, 1.82) is 0 Å². The monoisotopic (exact) mass is 301 g/mol. The molecule has 22 heavy (non-hydrogen) atoms. The molecule has 0 radical (unpaired) electrons. The average Bonchev–Trinajstić information content (AvgIpc) is 2.55. The van der Waals surface area contributed by atoms with E-state index in [9.17, 15) is 9.59 Å². The zero-order chi connectivity index (χ0) is 15.9. The normalized spacial score (nSPS) is 11.9. The Bertz CT molecular complexity index is 683. The average molecular weight is 301 g/mol. The summed E-state index contributed by atoms with van der Waals surface area (Å²) in [6.07, 6.45) is 0. The molecule has 1 aromatic carbocycles. The van der Waals surface area contributed by atoms with Gasteiger partial charge in [-0.3, -0.25) is 9.59 Å². The molecular weight excluding hydrogens is 282 g/mol. The number of amides is 1. The molecule has 0 aliphatic rings. The lowest BCUT2D eigenvalue weighted by Gasteiger charge is -2.10. The van der Waals surface area contributed by atoms with Crippen LogP contribution in [0.1, 0.15) is 23.0 Å². The third-order valence-corrected chi connectivity index (χ3v) is 3.20. The maximum absolute atomic E-state index is 12.0. The standard InChI is InChI=1S/C16H19N3O3/c1-12(11-20)9-17-16(22)14-7-8-15(21)19(18-14)10-13-5-3-2-4-6-13/h2-8,12,20H,9-11H2,1H3,(H,17,22). The minimum Gasteiger partial charge on any atom is -0.396 e. The minimum atomic E-state index is -0.359. The van der Waals surface area contributed by atoms with Crippen LogP contribution in [0.15, 0.2) is 47.3 Å². The molecule has 2 N–H and O–H groups in total. The van der Waals surface area contributed by atoms with Crippen molar-refractivity contribution in [2.75, 3.05) is 13.2 Å². The second-order valence-electron chi connectivity index (χ2n) is 5.20. The lowest BCUT2D eigenvalue weighted by molar-refractivity contribution is 0.0935. The summed E-state index contributed by atoms with van der Waals surface area (Å²) in [5.74, 6) is -0.388. The highest BCUT2D eigenvalue weighted by atomic mass is 16.3. The fourth-order valence-electron chi connectivity index (χ4n) is 1.86. The molecule has 0 saturated carbocycles. The van der Waals surface area contributed by atoms with Gasteiger partial charge < -0.3 is 10.4 Å². The molecule has 6 heteroatoms. The molecule has 1 amide bonds. The van der Waals surface area contributed by atoms with Gasteiger partial charge in [-0.2, -0.15) is 5.10 Å². The fraction of sp³-hybridized carbons (Fsp3) is 0.312. The number of nitrogens with zero attached hydrogens (tertiary/aromatic N) is 2. The maximum atomic E-state index is 12.0. The van der Waals surface area contributed by atoms with Gasteiger partial charge in [0.05, 0.1) is 6.54 Å². The topological polar surface area (TPSA) is 84.2 Å². The van der Waals surface area contributed by atoms with Crippen LogP contribution in [0.25, 0.3) is 0 Å². The van der Waals surface area contributed by atoms with Crippen molar-refractivity contribution < 1.29 is 9.90 Å². The second-order valence-corrected chi connectivity index (χ2v) is 5.20. The van der Waals surface area contributed by atoms with Gasteiger partial charge in [-0.15, -0.1) is 0 Å². The number of nitrogens with one attached hydrogen (secondary N) is 1. The molecule has 116 valence electrons. The molecule has 1 unspecified atom stereocenters. The number of carbonyl (C=O) groups is 1. The van der Waals surface area contributed by atoms with Crippen LogP contribution in [0.5, 0.6) is 0 Å². The number of rotatable bonds is 6. The zero-order valence-corrected chi connectivity index (χ0v) is 12.4. The molecule has 0 aliphatic carbocycles. The molecule has 0 saturated heterocycles. The van der Waals surface area contributed by atoms with E-state index in [1.165, 1.54) is 16.8 Å². The highest BCUT2D eigenvalue weighted by molar-refractivity contribution is 5.91. The van der Waals surface area contributed by atoms with Gasteiger partial charge in [-0.05, 0) is 17.5 Å². The first-order chi connectivity index (χ1) is 10.6. The van der Waals surface area contributed by atoms with E-state index in [1.807, 2.05) is 37.3 Å². The summed E-state index contributed by atoms with van der Waals surface area (Å²) in [5.41, 5.74) is 0.855. The highest BCUT2D eigenvalue weighted by Gasteiger charge is 2.11. The number of aliphatic hydroxyl groups is 1. The lowest BCUT2D eigenvalue weighted by Crippen LogP contribution is -2.32. The summed E-state index contributed by atoms with van der Waals surface area (Å²) < 4.78 is 1.26. The molecule has 6 nitrogen and oxygen atoms in total. The Labute approximate surface area is 128 Å². The Balaban J connectivity index is 2.13. The van der Waals surface area contributed by atoms with Crippen molar-refractivity contribution in [1.82, 2.24) is 15.1 Å². The van der Waals surface area contributed by atoms with Crippen molar-refractivity contribution >= 4 is 5.91 Å². The zero-order valence-electron chi connectivity index (χ0n) is 12.4. The van der Waals surface area contributed by atoms with E-state index in [4.69, 9.17) is 5.11 Å².